The molecule has 1 N–H and O–H groups in total. The molecule has 0 fully saturated rings. The van der Waals surface area contributed by atoms with Crippen molar-refractivity contribution < 1.29 is 8.42 Å². The summed E-state index contributed by atoms with van der Waals surface area (Å²) in [5, 5.41) is 0. The van der Waals surface area contributed by atoms with Gasteiger partial charge in [-0.2, -0.15) is 0 Å². The van der Waals surface area contributed by atoms with Crippen LogP contribution in [0.3, 0.4) is 0 Å². The second kappa shape index (κ2) is 8.03. The molecule has 0 amide bonds. The van der Waals surface area contributed by atoms with Crippen molar-refractivity contribution in [2.24, 2.45) is 0 Å². The summed E-state index contributed by atoms with van der Waals surface area (Å²) in [6.45, 7) is 1.39. The molecule has 0 unspecified atom stereocenters. The fourth-order valence-electron chi connectivity index (χ4n) is 2.44. The SMILES string of the molecule is CN(Cc1cccnc1)Cc1cnc(NS(=O)(=O)c2ccccc2)nc1. The molecule has 0 saturated carbocycles. The third-order valence-corrected chi connectivity index (χ3v) is 4.96. The Labute approximate surface area is 152 Å². The summed E-state index contributed by atoms with van der Waals surface area (Å²) < 4.78 is 26.9. The predicted molar refractivity (Wildman–Crippen MR) is 98.7 cm³/mol. The second-order valence-electron chi connectivity index (χ2n) is 5.87. The first kappa shape index (κ1) is 18.0. The Morgan fingerprint density at radius 2 is 1.62 bits per heavy atom. The Balaban J connectivity index is 1.61. The van der Waals surface area contributed by atoms with E-state index >= 15 is 0 Å². The lowest BCUT2D eigenvalue weighted by Crippen LogP contribution is -2.18. The maximum Gasteiger partial charge on any atom is 0.264 e. The van der Waals surface area contributed by atoms with Gasteiger partial charge in [0.15, 0.2) is 0 Å². The Bertz CT molecular complexity index is 932. The molecule has 2 aromatic heterocycles. The van der Waals surface area contributed by atoms with Crippen LogP contribution in [0.25, 0.3) is 0 Å². The smallest absolute Gasteiger partial charge is 0.264 e. The van der Waals surface area contributed by atoms with E-state index in [4.69, 9.17) is 0 Å². The molecule has 8 heteroatoms. The minimum atomic E-state index is -3.68. The fraction of sp³-hybridized carbons (Fsp3) is 0.167. The summed E-state index contributed by atoms with van der Waals surface area (Å²) >= 11 is 0. The van der Waals surface area contributed by atoms with E-state index in [2.05, 4.69) is 24.6 Å². The number of rotatable bonds is 7. The van der Waals surface area contributed by atoms with Crippen molar-refractivity contribution in [1.29, 1.82) is 0 Å². The summed E-state index contributed by atoms with van der Waals surface area (Å²) in [6, 6.07) is 12.0. The van der Waals surface area contributed by atoms with Crippen molar-refractivity contribution >= 4 is 16.0 Å². The molecule has 0 aliphatic rings. The summed E-state index contributed by atoms with van der Waals surface area (Å²) in [5.41, 5.74) is 2.00. The van der Waals surface area contributed by atoms with Gasteiger partial charge < -0.3 is 0 Å². The molecule has 134 valence electrons. The average molecular weight is 369 g/mol. The van der Waals surface area contributed by atoms with Gasteiger partial charge in [-0.25, -0.2) is 23.1 Å². The van der Waals surface area contributed by atoms with Crippen LogP contribution in [-0.2, 0) is 23.1 Å². The molecule has 3 rings (SSSR count). The molecule has 0 saturated heterocycles. The van der Waals surface area contributed by atoms with Gasteiger partial charge in [0.1, 0.15) is 0 Å². The van der Waals surface area contributed by atoms with Gasteiger partial charge in [-0.05, 0) is 30.8 Å². The fourth-order valence-corrected chi connectivity index (χ4v) is 3.42. The number of sulfonamides is 1. The van der Waals surface area contributed by atoms with Crippen LogP contribution in [0.4, 0.5) is 5.95 Å². The summed E-state index contributed by atoms with van der Waals surface area (Å²) in [4.78, 5) is 14.6. The Morgan fingerprint density at radius 1 is 0.923 bits per heavy atom. The van der Waals surface area contributed by atoms with Gasteiger partial charge in [0.2, 0.25) is 5.95 Å². The highest BCUT2D eigenvalue weighted by Crippen LogP contribution is 2.13. The molecule has 2 heterocycles. The van der Waals surface area contributed by atoms with Crippen LogP contribution >= 0.6 is 0 Å². The van der Waals surface area contributed by atoms with Crippen molar-refractivity contribution in [3.05, 3.63) is 78.4 Å². The van der Waals surface area contributed by atoms with E-state index in [1.165, 1.54) is 12.1 Å². The van der Waals surface area contributed by atoms with Crippen LogP contribution in [0.5, 0.6) is 0 Å². The zero-order valence-corrected chi connectivity index (χ0v) is 15.1. The Kier molecular flexibility index (Phi) is 5.55. The van der Waals surface area contributed by atoms with Crippen LogP contribution in [0.1, 0.15) is 11.1 Å². The van der Waals surface area contributed by atoms with Crippen LogP contribution in [0.2, 0.25) is 0 Å². The van der Waals surface area contributed by atoms with E-state index in [0.717, 1.165) is 17.7 Å². The summed E-state index contributed by atoms with van der Waals surface area (Å²) in [5.74, 6) is 0.0486. The van der Waals surface area contributed by atoms with Crippen LogP contribution in [0, 0.1) is 0 Å². The summed E-state index contributed by atoms with van der Waals surface area (Å²) in [6.07, 6.45) is 6.81. The maximum absolute atomic E-state index is 12.3. The number of nitrogens with zero attached hydrogens (tertiary/aromatic N) is 4. The average Bonchev–Trinajstić information content (AvgIpc) is 2.65. The first-order chi connectivity index (χ1) is 12.5. The summed E-state index contributed by atoms with van der Waals surface area (Å²) in [7, 11) is -1.70. The quantitative estimate of drug-likeness (QED) is 0.687. The third kappa shape index (κ3) is 4.84. The van der Waals surface area contributed by atoms with Gasteiger partial charge in [0.05, 0.1) is 4.90 Å². The number of anilines is 1. The monoisotopic (exact) mass is 369 g/mol. The van der Waals surface area contributed by atoms with Crippen LogP contribution in [-0.4, -0.2) is 35.3 Å². The van der Waals surface area contributed by atoms with E-state index in [1.54, 1.807) is 36.8 Å². The standard InChI is InChI=1S/C18H19N5O2S/c1-23(13-15-6-5-9-19-10-15)14-16-11-20-18(21-12-16)22-26(24,25)17-7-3-2-4-8-17/h2-12H,13-14H2,1H3,(H,20,21,22). The molecule has 0 spiro atoms. The number of hydrogen-bond donors (Lipinski definition) is 1. The van der Waals surface area contributed by atoms with Crippen molar-refractivity contribution in [2.75, 3.05) is 11.8 Å². The zero-order chi connectivity index (χ0) is 18.4. The zero-order valence-electron chi connectivity index (χ0n) is 14.3. The molecule has 7 nitrogen and oxygen atoms in total. The highest BCUT2D eigenvalue weighted by Gasteiger charge is 2.15. The Morgan fingerprint density at radius 3 is 2.27 bits per heavy atom. The maximum atomic E-state index is 12.3. The number of benzene rings is 1. The molecule has 0 aliphatic heterocycles. The van der Waals surface area contributed by atoms with Gasteiger partial charge in [0, 0.05) is 43.4 Å². The number of aromatic nitrogens is 3. The molecule has 0 aliphatic carbocycles. The molecule has 1 aromatic carbocycles. The first-order valence-electron chi connectivity index (χ1n) is 7.99. The topological polar surface area (TPSA) is 88.1 Å². The number of pyridine rings is 1. The van der Waals surface area contributed by atoms with Crippen molar-refractivity contribution in [3.63, 3.8) is 0 Å². The third-order valence-electron chi connectivity index (χ3n) is 3.61. The van der Waals surface area contributed by atoms with Gasteiger partial charge >= 0.3 is 0 Å². The van der Waals surface area contributed by atoms with E-state index in [1.807, 2.05) is 25.4 Å². The molecular formula is C18H19N5O2S. The minimum Gasteiger partial charge on any atom is -0.298 e. The van der Waals surface area contributed by atoms with E-state index in [9.17, 15) is 8.42 Å². The highest BCUT2D eigenvalue weighted by atomic mass is 32.2. The van der Waals surface area contributed by atoms with E-state index in [-0.39, 0.29) is 10.8 Å². The van der Waals surface area contributed by atoms with Gasteiger partial charge in [0.25, 0.3) is 10.0 Å². The van der Waals surface area contributed by atoms with Crippen molar-refractivity contribution in [2.45, 2.75) is 18.0 Å². The molecule has 0 radical (unpaired) electrons. The first-order valence-corrected chi connectivity index (χ1v) is 9.47. The molecule has 3 aromatic rings. The second-order valence-corrected chi connectivity index (χ2v) is 7.55. The van der Waals surface area contributed by atoms with Crippen LogP contribution in [0.15, 0.2) is 72.1 Å². The van der Waals surface area contributed by atoms with Crippen LogP contribution < -0.4 is 4.72 Å². The molecular weight excluding hydrogens is 350 g/mol. The Hall–Kier alpha value is -2.84. The van der Waals surface area contributed by atoms with Gasteiger partial charge in [-0.3, -0.25) is 9.88 Å². The highest BCUT2D eigenvalue weighted by molar-refractivity contribution is 7.92. The van der Waals surface area contributed by atoms with Crippen molar-refractivity contribution in [1.82, 2.24) is 19.9 Å². The number of nitrogens with one attached hydrogen (secondary N) is 1. The van der Waals surface area contributed by atoms with Crippen molar-refractivity contribution in [3.8, 4) is 0 Å². The lowest BCUT2D eigenvalue weighted by Gasteiger charge is -2.16. The van der Waals surface area contributed by atoms with E-state index < -0.39 is 10.0 Å². The minimum absolute atomic E-state index is 0.0486. The largest absolute Gasteiger partial charge is 0.298 e. The predicted octanol–water partition coefficient (Wildman–Crippen LogP) is 2.30. The van der Waals surface area contributed by atoms with Gasteiger partial charge in [-0.1, -0.05) is 24.3 Å². The molecule has 0 atom stereocenters. The lowest BCUT2D eigenvalue weighted by molar-refractivity contribution is 0.318. The molecule has 26 heavy (non-hydrogen) atoms. The normalized spacial score (nSPS) is 11.5. The molecule has 0 bridgehead atoms. The van der Waals surface area contributed by atoms with E-state index in [0.29, 0.717) is 6.54 Å². The van der Waals surface area contributed by atoms with Gasteiger partial charge in [-0.15, -0.1) is 0 Å². The number of hydrogen-bond acceptors (Lipinski definition) is 6. The lowest BCUT2D eigenvalue weighted by atomic mass is 10.2.